The van der Waals surface area contributed by atoms with Crippen LogP contribution in [0.3, 0.4) is 0 Å². The van der Waals surface area contributed by atoms with Gasteiger partial charge in [0.25, 0.3) is 5.56 Å². The van der Waals surface area contributed by atoms with Crippen LogP contribution in [0.1, 0.15) is 31.0 Å². The smallest absolute Gasteiger partial charge is 0.321 e. The molecule has 0 N–H and O–H groups in total. The third-order valence-corrected chi connectivity index (χ3v) is 6.76. The number of hydrogen-bond acceptors (Lipinski definition) is 4. The molecule has 0 saturated heterocycles. The lowest BCUT2D eigenvalue weighted by Gasteiger charge is -2.14. The van der Waals surface area contributed by atoms with Crippen LogP contribution in [0.25, 0.3) is 22.6 Å². The fourth-order valence-corrected chi connectivity index (χ4v) is 4.61. The Morgan fingerprint density at radius 2 is 2.03 bits per heavy atom. The number of nitrogens with zero attached hydrogens (tertiary/aromatic N) is 5. The third-order valence-electron chi connectivity index (χ3n) is 5.70. The van der Waals surface area contributed by atoms with Crippen molar-refractivity contribution in [1.29, 1.82) is 5.26 Å². The number of aryl methyl sites for hydroxylation is 1. The van der Waals surface area contributed by atoms with Crippen LogP contribution < -0.4 is 5.56 Å². The normalized spacial score (nSPS) is 16.3. The van der Waals surface area contributed by atoms with Gasteiger partial charge in [-0.2, -0.15) is 28.9 Å². The molecule has 4 rings (SSSR count). The summed E-state index contributed by atoms with van der Waals surface area (Å²) in [6, 6.07) is 5.13. The molecule has 0 amide bonds. The van der Waals surface area contributed by atoms with Gasteiger partial charge in [0.1, 0.15) is 16.9 Å². The molecule has 0 aliphatic heterocycles. The maximum Gasteiger partial charge on any atom is 0.431 e. The van der Waals surface area contributed by atoms with Gasteiger partial charge in [0.05, 0.1) is 17.0 Å². The first-order valence-corrected chi connectivity index (χ1v) is 11.4. The van der Waals surface area contributed by atoms with Gasteiger partial charge in [-0.1, -0.05) is 5.87 Å². The third kappa shape index (κ3) is 3.28. The molecule has 0 bridgehead atoms. The molecule has 3 aromatic rings. The first kappa shape index (κ1) is 21.3. The Hall–Kier alpha value is -2.93. The van der Waals surface area contributed by atoms with Crippen molar-refractivity contribution in [1.82, 2.24) is 19.1 Å². The van der Waals surface area contributed by atoms with E-state index in [2.05, 4.69) is 21.9 Å². The zero-order valence-electron chi connectivity index (χ0n) is 17.2. The van der Waals surface area contributed by atoms with Crippen molar-refractivity contribution in [2.75, 3.05) is 6.26 Å². The van der Waals surface area contributed by atoms with Crippen LogP contribution in [0.2, 0.25) is 0 Å². The minimum absolute atomic E-state index is 0.0351. The van der Waals surface area contributed by atoms with Gasteiger partial charge in [-0.25, -0.2) is 4.98 Å². The van der Waals surface area contributed by atoms with Crippen molar-refractivity contribution in [3.63, 3.8) is 0 Å². The average molecular weight is 447 g/mol. The van der Waals surface area contributed by atoms with Crippen molar-refractivity contribution < 1.29 is 13.2 Å². The van der Waals surface area contributed by atoms with Gasteiger partial charge in [-0.3, -0.25) is 9.78 Å². The number of alkyl halides is 3. The minimum atomic E-state index is -4.68. The van der Waals surface area contributed by atoms with Crippen LogP contribution in [0, 0.1) is 11.3 Å². The Labute approximate surface area is 178 Å². The zero-order chi connectivity index (χ0) is 22.7. The second-order valence-corrected chi connectivity index (χ2v) is 9.42. The maximum absolute atomic E-state index is 13.5. The van der Waals surface area contributed by atoms with Gasteiger partial charge < -0.3 is 9.13 Å². The molecule has 1 aliphatic carbocycles. The van der Waals surface area contributed by atoms with Crippen molar-refractivity contribution >= 4 is 27.4 Å². The SMILES string of the molecule is C=[S@@](C)c1cc(C2(C#N)CC2)cnc1-c1nc2cc(C(F)(F)F)n(CC)c(=O)c2n1C. The molecule has 31 heavy (non-hydrogen) atoms. The summed E-state index contributed by atoms with van der Waals surface area (Å²) >= 11 is 0. The van der Waals surface area contributed by atoms with E-state index < -0.39 is 33.3 Å². The van der Waals surface area contributed by atoms with E-state index in [1.165, 1.54) is 11.5 Å². The van der Waals surface area contributed by atoms with Crippen molar-refractivity contribution in [2.45, 2.75) is 42.8 Å². The maximum atomic E-state index is 13.5. The lowest BCUT2D eigenvalue weighted by Crippen LogP contribution is -2.28. The van der Waals surface area contributed by atoms with Gasteiger partial charge in [0, 0.05) is 24.7 Å². The highest BCUT2D eigenvalue weighted by molar-refractivity contribution is 8.13. The highest BCUT2D eigenvalue weighted by atomic mass is 32.2. The first-order chi connectivity index (χ1) is 14.5. The Balaban J connectivity index is 1.99. The number of aromatic nitrogens is 4. The predicted molar refractivity (Wildman–Crippen MR) is 114 cm³/mol. The van der Waals surface area contributed by atoms with Crippen LogP contribution in [0.5, 0.6) is 0 Å². The highest BCUT2D eigenvalue weighted by Crippen LogP contribution is 2.49. The second-order valence-electron chi connectivity index (χ2n) is 7.71. The Morgan fingerprint density at radius 1 is 1.35 bits per heavy atom. The number of fused-ring (bicyclic) bond motifs is 1. The molecule has 3 heterocycles. The first-order valence-electron chi connectivity index (χ1n) is 9.59. The molecule has 10 heteroatoms. The Bertz CT molecular complexity index is 1340. The minimum Gasteiger partial charge on any atom is -0.321 e. The Kier molecular flexibility index (Phi) is 4.85. The van der Waals surface area contributed by atoms with Crippen LogP contribution in [-0.4, -0.2) is 31.2 Å². The fraction of sp³-hybridized carbons (Fsp3) is 0.381. The number of pyridine rings is 2. The molecule has 6 nitrogen and oxygen atoms in total. The van der Waals surface area contributed by atoms with Crippen molar-refractivity contribution in [2.24, 2.45) is 7.05 Å². The standard InChI is InChI=1S/C21H20F3N5OS/c1-5-29-15(21(22,23)24)9-13-17(19(29)30)28(2)18(27-13)16-14(31(3)4)8-12(10-26-16)20(11-25)6-7-20/h8-10H,3,5-7H2,1-2,4H3/t31-/m0/s1. The fourth-order valence-electron chi connectivity index (χ4n) is 3.81. The number of hydrogen-bond donors (Lipinski definition) is 0. The van der Waals surface area contributed by atoms with Gasteiger partial charge in [-0.05, 0) is 43.7 Å². The molecule has 0 spiro atoms. The van der Waals surface area contributed by atoms with E-state index in [1.807, 2.05) is 12.3 Å². The highest BCUT2D eigenvalue weighted by Gasteiger charge is 2.45. The molecule has 0 unspecified atom stereocenters. The number of halogens is 3. The number of imidazole rings is 1. The summed E-state index contributed by atoms with van der Waals surface area (Å²) in [6.45, 7) is 1.38. The van der Waals surface area contributed by atoms with Crippen LogP contribution in [0.15, 0.2) is 28.0 Å². The topological polar surface area (TPSA) is 76.5 Å². The van der Waals surface area contributed by atoms with Crippen LogP contribution in [-0.2, 0) is 25.2 Å². The Morgan fingerprint density at radius 3 is 2.55 bits per heavy atom. The molecule has 1 fully saturated rings. The predicted octanol–water partition coefficient (Wildman–Crippen LogP) is 4.08. The van der Waals surface area contributed by atoms with Gasteiger partial charge >= 0.3 is 6.18 Å². The van der Waals surface area contributed by atoms with Gasteiger partial charge in [-0.15, -0.1) is 0 Å². The van der Waals surface area contributed by atoms with E-state index in [4.69, 9.17) is 0 Å². The molecule has 0 radical (unpaired) electrons. The summed E-state index contributed by atoms with van der Waals surface area (Å²) in [4.78, 5) is 22.5. The average Bonchev–Trinajstić information content (AvgIpc) is 3.44. The van der Waals surface area contributed by atoms with E-state index in [-0.39, 0.29) is 17.6 Å². The van der Waals surface area contributed by atoms with Crippen molar-refractivity contribution in [3.8, 4) is 17.6 Å². The summed E-state index contributed by atoms with van der Waals surface area (Å²) in [5.74, 6) is 4.38. The van der Waals surface area contributed by atoms with Gasteiger partial charge in [0.2, 0.25) is 0 Å². The molecule has 162 valence electrons. The molecule has 1 aliphatic rings. The molecular formula is C21H20F3N5OS. The quantitative estimate of drug-likeness (QED) is 0.565. The second kappa shape index (κ2) is 7.05. The summed E-state index contributed by atoms with van der Waals surface area (Å²) < 4.78 is 42.7. The van der Waals surface area contributed by atoms with E-state index in [1.54, 1.807) is 13.2 Å². The van der Waals surface area contributed by atoms with Gasteiger partial charge in [0.15, 0.2) is 5.82 Å². The summed E-state index contributed by atoms with van der Waals surface area (Å²) in [7, 11) is 1.08. The van der Waals surface area contributed by atoms with E-state index in [9.17, 15) is 23.2 Å². The molecule has 1 atom stereocenters. The largest absolute Gasteiger partial charge is 0.431 e. The number of rotatable bonds is 4. The van der Waals surface area contributed by atoms with E-state index in [0.717, 1.165) is 29.4 Å². The van der Waals surface area contributed by atoms with Crippen LogP contribution in [0.4, 0.5) is 13.2 Å². The lowest BCUT2D eigenvalue weighted by molar-refractivity contribution is -0.144. The molecule has 0 aromatic carbocycles. The monoisotopic (exact) mass is 447 g/mol. The lowest BCUT2D eigenvalue weighted by atomic mass is 9.99. The summed E-state index contributed by atoms with van der Waals surface area (Å²) in [5, 5.41) is 9.50. The molecule has 3 aromatic heterocycles. The van der Waals surface area contributed by atoms with Crippen LogP contribution >= 0.6 is 10.5 Å². The molecule has 1 saturated carbocycles. The molecular weight excluding hydrogens is 427 g/mol. The number of nitriles is 1. The zero-order valence-corrected chi connectivity index (χ0v) is 18.1. The van der Waals surface area contributed by atoms with E-state index in [0.29, 0.717) is 16.1 Å². The summed E-state index contributed by atoms with van der Waals surface area (Å²) in [5.41, 5.74) is -1.00. The van der Waals surface area contributed by atoms with Crippen molar-refractivity contribution in [3.05, 3.63) is 39.9 Å². The summed E-state index contributed by atoms with van der Waals surface area (Å²) in [6.07, 6.45) is 0.367. The van der Waals surface area contributed by atoms with E-state index >= 15 is 0 Å².